The summed E-state index contributed by atoms with van der Waals surface area (Å²) in [6.07, 6.45) is 5.78. The monoisotopic (exact) mass is 254 g/mol. The van der Waals surface area contributed by atoms with Crippen molar-refractivity contribution in [3.05, 3.63) is 49.4 Å². The van der Waals surface area contributed by atoms with Crippen LogP contribution in [0, 0.1) is 6.92 Å². The second-order valence-corrected chi connectivity index (χ2v) is 4.54. The molecule has 0 unspecified atom stereocenters. The second-order valence-electron chi connectivity index (χ2n) is 4.54. The molecule has 0 amide bonds. The summed E-state index contributed by atoms with van der Waals surface area (Å²) < 4.78 is 3.96. The van der Waals surface area contributed by atoms with E-state index in [4.69, 9.17) is 0 Å². The molecule has 3 aromatic rings. The molecule has 97 valence electrons. The van der Waals surface area contributed by atoms with Crippen LogP contribution in [0.25, 0.3) is 11.0 Å². The number of fused-ring (bicyclic) bond motifs is 1. The zero-order valence-electron chi connectivity index (χ0n) is 10.7. The van der Waals surface area contributed by atoms with Crippen molar-refractivity contribution in [3.63, 3.8) is 0 Å². The fourth-order valence-electron chi connectivity index (χ4n) is 2.10. The van der Waals surface area contributed by atoms with E-state index in [2.05, 4.69) is 32.9 Å². The predicted octanol–water partition coefficient (Wildman–Crippen LogP) is 2.29. The molecule has 0 bridgehead atoms. The molecule has 1 radical (unpaired) electrons. The van der Waals surface area contributed by atoms with E-state index in [9.17, 15) is 0 Å². The lowest BCUT2D eigenvalue weighted by molar-refractivity contribution is 0.562. The number of unbranched alkanes of at least 4 members (excludes halogenated alkanes) is 1. The summed E-state index contributed by atoms with van der Waals surface area (Å²) in [6.45, 7) is 5.40. The van der Waals surface area contributed by atoms with Gasteiger partial charge in [-0.25, -0.2) is 4.98 Å². The number of aryl methyl sites for hydroxylation is 1. The van der Waals surface area contributed by atoms with Crippen LogP contribution in [0.5, 0.6) is 0 Å². The second kappa shape index (κ2) is 5.22. The first-order valence-corrected chi connectivity index (χ1v) is 6.45. The third-order valence-corrected chi connectivity index (χ3v) is 3.08. The van der Waals surface area contributed by atoms with Crippen LogP contribution in [-0.4, -0.2) is 24.5 Å². The predicted molar refractivity (Wildman–Crippen MR) is 73.4 cm³/mol. The quantitative estimate of drug-likeness (QED) is 0.702. The molecule has 0 fully saturated rings. The smallest absolute Gasteiger partial charge is 0.102 e. The molecule has 0 N–H and O–H groups in total. The van der Waals surface area contributed by atoms with Gasteiger partial charge in [0, 0.05) is 6.54 Å². The molecule has 0 saturated heterocycles. The standard InChI is InChI=1S/C14H16N5/c1-2-3-8-19-10-12(16-17-19)9-18-11-15-13-6-4-5-7-14(13)18/h4-7,10-11H,1-3,8-9H2. The molecule has 5 heteroatoms. The summed E-state index contributed by atoms with van der Waals surface area (Å²) in [7, 11) is 0. The molecule has 0 saturated carbocycles. The average Bonchev–Trinajstić information content (AvgIpc) is 3.05. The van der Waals surface area contributed by atoms with Gasteiger partial charge in [-0.05, 0) is 18.6 Å². The molecule has 0 aliphatic rings. The fraction of sp³-hybridized carbons (Fsp3) is 0.286. The Hall–Kier alpha value is -2.17. The number of nitrogens with zero attached hydrogens (tertiary/aromatic N) is 5. The van der Waals surface area contributed by atoms with Gasteiger partial charge in [-0.15, -0.1) is 5.10 Å². The number of para-hydroxylation sites is 2. The van der Waals surface area contributed by atoms with Gasteiger partial charge < -0.3 is 4.57 Å². The maximum absolute atomic E-state index is 4.37. The highest BCUT2D eigenvalue weighted by molar-refractivity contribution is 5.74. The molecule has 19 heavy (non-hydrogen) atoms. The zero-order chi connectivity index (χ0) is 13.1. The topological polar surface area (TPSA) is 48.5 Å². The summed E-state index contributed by atoms with van der Waals surface area (Å²) in [5.74, 6) is 0. The van der Waals surface area contributed by atoms with E-state index >= 15 is 0 Å². The molecule has 1 aromatic carbocycles. The summed E-state index contributed by atoms with van der Waals surface area (Å²) in [5, 5.41) is 8.31. The first-order valence-electron chi connectivity index (χ1n) is 6.45. The van der Waals surface area contributed by atoms with Gasteiger partial charge in [0.25, 0.3) is 0 Å². The molecule has 2 heterocycles. The lowest BCUT2D eigenvalue weighted by Crippen LogP contribution is -1.98. The van der Waals surface area contributed by atoms with Gasteiger partial charge in [-0.1, -0.05) is 30.7 Å². The number of imidazole rings is 1. The highest BCUT2D eigenvalue weighted by Gasteiger charge is 2.05. The Morgan fingerprint density at radius 2 is 2.11 bits per heavy atom. The minimum Gasteiger partial charge on any atom is -0.324 e. The van der Waals surface area contributed by atoms with E-state index in [1.165, 1.54) is 0 Å². The van der Waals surface area contributed by atoms with Crippen molar-refractivity contribution in [2.24, 2.45) is 0 Å². The molecule has 0 aliphatic carbocycles. The van der Waals surface area contributed by atoms with Crippen molar-refractivity contribution >= 4 is 11.0 Å². The third-order valence-electron chi connectivity index (χ3n) is 3.08. The molecule has 2 aromatic heterocycles. The number of benzene rings is 1. The van der Waals surface area contributed by atoms with Crippen LogP contribution in [0.2, 0.25) is 0 Å². The lowest BCUT2D eigenvalue weighted by Gasteiger charge is -2.00. The molecule has 0 atom stereocenters. The molecular formula is C14H16N5. The number of hydrogen-bond acceptors (Lipinski definition) is 3. The van der Waals surface area contributed by atoms with E-state index in [0.717, 1.165) is 36.1 Å². The van der Waals surface area contributed by atoms with E-state index in [1.807, 2.05) is 35.4 Å². The van der Waals surface area contributed by atoms with Crippen molar-refractivity contribution in [1.29, 1.82) is 0 Å². The maximum atomic E-state index is 4.37. The Bertz CT molecular complexity index is 667. The van der Waals surface area contributed by atoms with Gasteiger partial charge in [0.1, 0.15) is 5.69 Å². The van der Waals surface area contributed by atoms with E-state index in [0.29, 0.717) is 6.54 Å². The first kappa shape index (κ1) is 11.9. The van der Waals surface area contributed by atoms with Gasteiger partial charge in [-0.3, -0.25) is 4.68 Å². The fourth-order valence-corrected chi connectivity index (χ4v) is 2.10. The average molecular weight is 254 g/mol. The van der Waals surface area contributed by atoms with E-state index in [-0.39, 0.29) is 0 Å². The van der Waals surface area contributed by atoms with Gasteiger partial charge >= 0.3 is 0 Å². The summed E-state index contributed by atoms with van der Waals surface area (Å²) in [5.41, 5.74) is 3.08. The van der Waals surface area contributed by atoms with Crippen LogP contribution >= 0.6 is 0 Å². The van der Waals surface area contributed by atoms with Crippen molar-refractivity contribution in [2.75, 3.05) is 0 Å². The van der Waals surface area contributed by atoms with Crippen molar-refractivity contribution < 1.29 is 0 Å². The Balaban J connectivity index is 1.79. The lowest BCUT2D eigenvalue weighted by atomic mass is 10.3. The Morgan fingerprint density at radius 1 is 1.21 bits per heavy atom. The van der Waals surface area contributed by atoms with Gasteiger partial charge in [0.05, 0.1) is 30.1 Å². The molecule has 0 aliphatic heterocycles. The van der Waals surface area contributed by atoms with Crippen molar-refractivity contribution in [2.45, 2.75) is 25.9 Å². The van der Waals surface area contributed by atoms with Crippen LogP contribution in [-0.2, 0) is 13.1 Å². The zero-order valence-corrected chi connectivity index (χ0v) is 10.7. The van der Waals surface area contributed by atoms with Crippen LogP contribution in [0.1, 0.15) is 18.5 Å². The van der Waals surface area contributed by atoms with Crippen LogP contribution < -0.4 is 0 Å². The van der Waals surface area contributed by atoms with E-state index in [1.54, 1.807) is 0 Å². The van der Waals surface area contributed by atoms with Crippen LogP contribution in [0.3, 0.4) is 0 Å². The molecule has 3 rings (SSSR count). The number of aromatic nitrogens is 5. The third kappa shape index (κ3) is 2.50. The maximum Gasteiger partial charge on any atom is 0.102 e. The van der Waals surface area contributed by atoms with Crippen LogP contribution in [0.4, 0.5) is 0 Å². The highest BCUT2D eigenvalue weighted by Crippen LogP contribution is 2.13. The normalized spacial score (nSPS) is 11.2. The largest absolute Gasteiger partial charge is 0.324 e. The number of rotatable bonds is 5. The SMILES string of the molecule is [CH2]CCCn1cc(Cn2cnc3ccccc32)nn1. The number of hydrogen-bond donors (Lipinski definition) is 0. The minimum absolute atomic E-state index is 0.699. The van der Waals surface area contributed by atoms with Gasteiger partial charge in [-0.2, -0.15) is 0 Å². The summed E-state index contributed by atoms with van der Waals surface area (Å²) >= 11 is 0. The van der Waals surface area contributed by atoms with Crippen molar-refractivity contribution in [1.82, 2.24) is 24.5 Å². The first-order chi connectivity index (χ1) is 9.36. The summed E-state index contributed by atoms with van der Waals surface area (Å²) in [4.78, 5) is 4.37. The van der Waals surface area contributed by atoms with Crippen molar-refractivity contribution in [3.8, 4) is 0 Å². The molecule has 0 spiro atoms. The Morgan fingerprint density at radius 3 is 3.00 bits per heavy atom. The highest BCUT2D eigenvalue weighted by atomic mass is 15.4. The molecule has 5 nitrogen and oxygen atoms in total. The van der Waals surface area contributed by atoms with Crippen LogP contribution in [0.15, 0.2) is 36.8 Å². The Kier molecular flexibility index (Phi) is 3.27. The van der Waals surface area contributed by atoms with Gasteiger partial charge in [0.2, 0.25) is 0 Å². The molecular weight excluding hydrogens is 238 g/mol. The minimum atomic E-state index is 0.699. The summed E-state index contributed by atoms with van der Waals surface area (Å²) in [6, 6.07) is 8.09. The van der Waals surface area contributed by atoms with Gasteiger partial charge in [0.15, 0.2) is 0 Å². The Labute approximate surface area is 111 Å². The van der Waals surface area contributed by atoms with E-state index < -0.39 is 0 Å².